The molecule has 1 saturated heterocycles. The lowest BCUT2D eigenvalue weighted by Crippen LogP contribution is -2.52. The number of methoxy groups -OCH3 is 2. The number of anilines is 1. The Morgan fingerprint density at radius 2 is 1.61 bits per heavy atom. The molecule has 188 valence electrons. The lowest BCUT2D eigenvalue weighted by molar-refractivity contribution is -0.132. The molecule has 3 aromatic rings. The molecule has 1 aliphatic heterocycles. The van der Waals surface area contributed by atoms with E-state index in [4.69, 9.17) is 9.47 Å². The topological polar surface area (TPSA) is 88.1 Å². The number of hydrogen-bond acceptors (Lipinski definition) is 7. The van der Waals surface area contributed by atoms with Crippen molar-refractivity contribution >= 4 is 17.6 Å². The van der Waals surface area contributed by atoms with Crippen molar-refractivity contribution in [2.75, 3.05) is 58.4 Å². The number of benzene rings is 2. The first kappa shape index (κ1) is 25.0. The Hall–Kier alpha value is -4.14. The van der Waals surface area contributed by atoms with Gasteiger partial charge in [0.25, 0.3) is 5.91 Å². The Morgan fingerprint density at radius 1 is 0.889 bits per heavy atom. The molecule has 0 unspecified atom stereocenters. The van der Waals surface area contributed by atoms with Gasteiger partial charge in [0.2, 0.25) is 5.91 Å². The normalized spacial score (nSPS) is 13.3. The van der Waals surface area contributed by atoms with Crippen molar-refractivity contribution in [3.8, 4) is 22.8 Å². The molecule has 1 aliphatic rings. The Labute approximate surface area is 211 Å². The van der Waals surface area contributed by atoms with Gasteiger partial charge in [-0.2, -0.15) is 0 Å². The summed E-state index contributed by atoms with van der Waals surface area (Å²) in [5.74, 6) is 1.94. The van der Waals surface area contributed by atoms with Gasteiger partial charge in [0.05, 0.1) is 19.9 Å². The molecule has 0 saturated carbocycles. The molecule has 0 bridgehead atoms. The molecule has 2 heterocycles. The second-order valence-electron chi connectivity index (χ2n) is 8.42. The summed E-state index contributed by atoms with van der Waals surface area (Å²) in [5, 5.41) is 8.78. The molecule has 0 atom stereocenters. The fraction of sp³-hybridized carbons (Fsp3) is 0.333. The number of piperazine rings is 1. The third-order valence-electron chi connectivity index (χ3n) is 6.30. The predicted octanol–water partition coefficient (Wildman–Crippen LogP) is 2.97. The highest BCUT2D eigenvalue weighted by molar-refractivity contribution is 5.96. The van der Waals surface area contributed by atoms with Crippen LogP contribution in [0, 0.1) is 0 Å². The zero-order valence-corrected chi connectivity index (χ0v) is 20.9. The lowest BCUT2D eigenvalue weighted by Gasteiger charge is -2.36. The smallest absolute Gasteiger partial charge is 0.254 e. The van der Waals surface area contributed by atoms with Crippen LogP contribution in [-0.2, 0) is 4.79 Å². The molecular formula is C27H31N5O4. The van der Waals surface area contributed by atoms with Gasteiger partial charge in [-0.15, -0.1) is 10.2 Å². The summed E-state index contributed by atoms with van der Waals surface area (Å²) in [6.07, 6.45) is 0. The van der Waals surface area contributed by atoms with Gasteiger partial charge in [0.1, 0.15) is 18.0 Å². The number of ether oxygens (including phenoxy) is 2. The summed E-state index contributed by atoms with van der Waals surface area (Å²) in [7, 11) is 3.20. The van der Waals surface area contributed by atoms with Crippen LogP contribution >= 0.6 is 0 Å². The van der Waals surface area contributed by atoms with Gasteiger partial charge in [-0.3, -0.25) is 9.59 Å². The van der Waals surface area contributed by atoms with Crippen molar-refractivity contribution < 1.29 is 19.1 Å². The highest BCUT2D eigenvalue weighted by Gasteiger charge is 2.25. The second-order valence-corrected chi connectivity index (χ2v) is 8.42. The van der Waals surface area contributed by atoms with Gasteiger partial charge in [0.15, 0.2) is 5.82 Å². The summed E-state index contributed by atoms with van der Waals surface area (Å²) in [5.41, 5.74) is 2.26. The molecule has 0 aliphatic carbocycles. The molecule has 2 amide bonds. The van der Waals surface area contributed by atoms with Crippen molar-refractivity contribution in [3.05, 3.63) is 66.2 Å². The number of nitrogens with zero attached hydrogens (tertiary/aromatic N) is 5. The van der Waals surface area contributed by atoms with E-state index in [1.165, 1.54) is 0 Å². The molecular weight excluding hydrogens is 458 g/mol. The number of amides is 2. The molecule has 0 radical (unpaired) electrons. The Bertz CT molecular complexity index is 1180. The zero-order chi connectivity index (χ0) is 25.5. The van der Waals surface area contributed by atoms with Gasteiger partial charge >= 0.3 is 0 Å². The zero-order valence-electron chi connectivity index (χ0n) is 20.9. The summed E-state index contributed by atoms with van der Waals surface area (Å²) >= 11 is 0. The lowest BCUT2D eigenvalue weighted by atomic mass is 10.1. The van der Waals surface area contributed by atoms with Crippen LogP contribution in [0.5, 0.6) is 11.5 Å². The maximum absolute atomic E-state index is 13.0. The molecule has 0 spiro atoms. The number of aromatic nitrogens is 2. The molecule has 0 N–H and O–H groups in total. The Balaban J connectivity index is 1.32. The minimum Gasteiger partial charge on any atom is -0.497 e. The van der Waals surface area contributed by atoms with E-state index in [-0.39, 0.29) is 18.4 Å². The van der Waals surface area contributed by atoms with Gasteiger partial charge in [-0.25, -0.2) is 0 Å². The second kappa shape index (κ2) is 11.5. The Kier molecular flexibility index (Phi) is 7.99. The summed E-state index contributed by atoms with van der Waals surface area (Å²) in [6.45, 7) is 4.78. The first-order valence-electron chi connectivity index (χ1n) is 12.0. The third kappa shape index (κ3) is 5.73. The predicted molar refractivity (Wildman–Crippen MR) is 137 cm³/mol. The molecule has 9 heteroatoms. The molecule has 1 aromatic heterocycles. The number of carbonyl (C=O) groups excluding carboxylic acids is 2. The van der Waals surface area contributed by atoms with E-state index in [0.29, 0.717) is 44.0 Å². The van der Waals surface area contributed by atoms with E-state index in [9.17, 15) is 9.59 Å². The third-order valence-corrected chi connectivity index (χ3v) is 6.30. The fourth-order valence-electron chi connectivity index (χ4n) is 4.12. The molecule has 4 rings (SSSR count). The number of carbonyl (C=O) groups is 2. The van der Waals surface area contributed by atoms with E-state index in [2.05, 4.69) is 15.1 Å². The van der Waals surface area contributed by atoms with E-state index < -0.39 is 0 Å². The Morgan fingerprint density at radius 3 is 2.22 bits per heavy atom. The van der Waals surface area contributed by atoms with Crippen molar-refractivity contribution in [2.24, 2.45) is 0 Å². The number of hydrogen-bond donors (Lipinski definition) is 0. The molecule has 2 aromatic carbocycles. The molecule has 1 fully saturated rings. The van der Waals surface area contributed by atoms with Crippen molar-refractivity contribution in [1.82, 2.24) is 20.0 Å². The quantitative estimate of drug-likeness (QED) is 0.481. The van der Waals surface area contributed by atoms with E-state index >= 15 is 0 Å². The first-order valence-corrected chi connectivity index (χ1v) is 12.0. The maximum Gasteiger partial charge on any atom is 0.254 e. The SMILES string of the molecule is CCN(CC(=O)N1CCN(c2ccc(-c3ccc(OC)cc3)nn2)CC1)C(=O)c1cccc(OC)c1. The van der Waals surface area contributed by atoms with E-state index in [1.54, 1.807) is 48.3 Å². The average molecular weight is 490 g/mol. The van der Waals surface area contributed by atoms with Crippen molar-refractivity contribution in [2.45, 2.75) is 6.92 Å². The van der Waals surface area contributed by atoms with E-state index in [0.717, 1.165) is 22.8 Å². The molecule has 9 nitrogen and oxygen atoms in total. The number of rotatable bonds is 8. The summed E-state index contributed by atoms with van der Waals surface area (Å²) in [6, 6.07) is 18.6. The summed E-state index contributed by atoms with van der Waals surface area (Å²) < 4.78 is 10.4. The summed E-state index contributed by atoms with van der Waals surface area (Å²) in [4.78, 5) is 31.4. The van der Waals surface area contributed by atoms with Gasteiger partial charge in [0, 0.05) is 43.9 Å². The van der Waals surface area contributed by atoms with Crippen molar-refractivity contribution in [1.29, 1.82) is 0 Å². The first-order chi connectivity index (χ1) is 17.5. The van der Waals surface area contributed by atoms with Gasteiger partial charge < -0.3 is 24.2 Å². The van der Waals surface area contributed by atoms with Crippen LogP contribution < -0.4 is 14.4 Å². The van der Waals surface area contributed by atoms with Crippen LogP contribution in [0.25, 0.3) is 11.3 Å². The molecule has 36 heavy (non-hydrogen) atoms. The minimum atomic E-state index is -0.185. The van der Waals surface area contributed by atoms with Gasteiger partial charge in [-0.05, 0) is 61.5 Å². The number of likely N-dealkylation sites (N-methyl/N-ethyl adjacent to an activating group) is 1. The van der Waals surface area contributed by atoms with Crippen LogP contribution in [0.15, 0.2) is 60.7 Å². The minimum absolute atomic E-state index is 0.0446. The van der Waals surface area contributed by atoms with Crippen LogP contribution in [0.3, 0.4) is 0 Å². The average Bonchev–Trinajstić information content (AvgIpc) is 2.95. The van der Waals surface area contributed by atoms with Crippen LogP contribution in [0.4, 0.5) is 5.82 Å². The highest BCUT2D eigenvalue weighted by Crippen LogP contribution is 2.22. The maximum atomic E-state index is 13.0. The fourth-order valence-corrected chi connectivity index (χ4v) is 4.12. The van der Waals surface area contributed by atoms with Crippen LogP contribution in [0.2, 0.25) is 0 Å². The highest BCUT2D eigenvalue weighted by atomic mass is 16.5. The van der Waals surface area contributed by atoms with Crippen molar-refractivity contribution in [3.63, 3.8) is 0 Å². The van der Waals surface area contributed by atoms with Crippen LogP contribution in [-0.4, -0.2) is 85.3 Å². The largest absolute Gasteiger partial charge is 0.497 e. The standard InChI is InChI=1S/C27H31N5O4/c1-4-30(27(34)21-6-5-7-23(18-21)36-3)19-26(33)32-16-14-31(15-17-32)25-13-12-24(28-29-25)20-8-10-22(35-2)11-9-20/h5-13,18H,4,14-17,19H2,1-3H3. The monoisotopic (exact) mass is 489 g/mol. The van der Waals surface area contributed by atoms with Crippen LogP contribution in [0.1, 0.15) is 17.3 Å². The van der Waals surface area contributed by atoms with Gasteiger partial charge in [-0.1, -0.05) is 6.07 Å². The van der Waals surface area contributed by atoms with E-state index in [1.807, 2.05) is 43.3 Å².